The van der Waals surface area contributed by atoms with Crippen molar-refractivity contribution >= 4 is 5.97 Å². The molecular formula is C15H15NO3. The highest BCUT2D eigenvalue weighted by molar-refractivity contribution is 5.88. The van der Waals surface area contributed by atoms with Gasteiger partial charge in [-0.05, 0) is 50.1 Å². The molecule has 0 aliphatic heterocycles. The normalized spacial score (nSPS) is 10.3. The van der Waals surface area contributed by atoms with E-state index in [9.17, 15) is 4.79 Å². The smallest absolute Gasteiger partial charge is 0.337 e. The minimum atomic E-state index is -0.984. The first-order chi connectivity index (χ1) is 8.97. The SMILES string of the molecule is Cc1ccc(Oc2ccc(C(=O)O)c(C)n2)cc1C. The van der Waals surface area contributed by atoms with Gasteiger partial charge in [0.05, 0.1) is 11.3 Å². The van der Waals surface area contributed by atoms with Gasteiger partial charge in [-0.3, -0.25) is 0 Å². The molecule has 19 heavy (non-hydrogen) atoms. The van der Waals surface area contributed by atoms with Gasteiger partial charge in [0.15, 0.2) is 0 Å². The predicted molar refractivity (Wildman–Crippen MR) is 71.9 cm³/mol. The Labute approximate surface area is 111 Å². The van der Waals surface area contributed by atoms with Gasteiger partial charge in [-0.15, -0.1) is 0 Å². The van der Waals surface area contributed by atoms with Crippen molar-refractivity contribution in [3.8, 4) is 11.6 Å². The third-order valence-electron chi connectivity index (χ3n) is 2.99. The number of hydrogen-bond donors (Lipinski definition) is 1. The third-order valence-corrected chi connectivity index (χ3v) is 2.99. The second-order valence-corrected chi connectivity index (χ2v) is 4.44. The van der Waals surface area contributed by atoms with Crippen LogP contribution in [0.1, 0.15) is 27.2 Å². The van der Waals surface area contributed by atoms with Crippen LogP contribution in [0.2, 0.25) is 0 Å². The summed E-state index contributed by atoms with van der Waals surface area (Å²) < 4.78 is 5.63. The molecule has 0 saturated carbocycles. The van der Waals surface area contributed by atoms with Crippen molar-refractivity contribution in [2.45, 2.75) is 20.8 Å². The van der Waals surface area contributed by atoms with Gasteiger partial charge in [-0.25, -0.2) is 9.78 Å². The molecule has 4 heteroatoms. The quantitative estimate of drug-likeness (QED) is 0.914. The average Bonchev–Trinajstić information content (AvgIpc) is 2.33. The fraction of sp³-hybridized carbons (Fsp3) is 0.200. The summed E-state index contributed by atoms with van der Waals surface area (Å²) in [7, 11) is 0. The Bertz CT molecular complexity index is 635. The number of pyridine rings is 1. The molecule has 0 radical (unpaired) electrons. The first kappa shape index (κ1) is 13.1. The summed E-state index contributed by atoms with van der Waals surface area (Å²) in [5, 5.41) is 8.93. The van der Waals surface area contributed by atoms with E-state index in [-0.39, 0.29) is 5.56 Å². The van der Waals surface area contributed by atoms with Crippen LogP contribution in [-0.2, 0) is 0 Å². The molecule has 0 spiro atoms. The van der Waals surface area contributed by atoms with E-state index in [2.05, 4.69) is 4.98 Å². The number of carboxylic acid groups (broad SMARTS) is 1. The van der Waals surface area contributed by atoms with Gasteiger partial charge in [-0.1, -0.05) is 6.07 Å². The van der Waals surface area contributed by atoms with Crippen LogP contribution >= 0.6 is 0 Å². The van der Waals surface area contributed by atoms with E-state index in [0.29, 0.717) is 17.3 Å². The zero-order valence-electron chi connectivity index (χ0n) is 11.1. The Hall–Kier alpha value is -2.36. The number of carbonyl (C=O) groups is 1. The standard InChI is InChI=1S/C15H15NO3/c1-9-4-5-12(8-10(9)2)19-14-7-6-13(15(17)18)11(3)16-14/h4-8H,1-3H3,(H,17,18). The molecule has 0 fully saturated rings. The van der Waals surface area contributed by atoms with Crippen LogP contribution in [-0.4, -0.2) is 16.1 Å². The Morgan fingerprint density at radius 2 is 1.84 bits per heavy atom. The summed E-state index contributed by atoms with van der Waals surface area (Å²) in [5.41, 5.74) is 2.95. The van der Waals surface area contributed by atoms with Gasteiger partial charge in [0.2, 0.25) is 5.88 Å². The van der Waals surface area contributed by atoms with Crippen molar-refractivity contribution in [2.24, 2.45) is 0 Å². The first-order valence-electron chi connectivity index (χ1n) is 5.93. The summed E-state index contributed by atoms with van der Waals surface area (Å²) in [4.78, 5) is 15.0. The van der Waals surface area contributed by atoms with Crippen molar-refractivity contribution in [3.05, 3.63) is 52.7 Å². The van der Waals surface area contributed by atoms with Crippen molar-refractivity contribution in [1.82, 2.24) is 4.98 Å². The van der Waals surface area contributed by atoms with Crippen LogP contribution in [0.4, 0.5) is 0 Å². The highest BCUT2D eigenvalue weighted by atomic mass is 16.5. The fourth-order valence-corrected chi connectivity index (χ4v) is 1.72. The van der Waals surface area contributed by atoms with Gasteiger partial charge in [0.25, 0.3) is 0 Å². The lowest BCUT2D eigenvalue weighted by Crippen LogP contribution is -2.02. The zero-order valence-corrected chi connectivity index (χ0v) is 11.1. The largest absolute Gasteiger partial charge is 0.478 e. The Kier molecular flexibility index (Phi) is 3.51. The lowest BCUT2D eigenvalue weighted by Gasteiger charge is -2.08. The monoisotopic (exact) mass is 257 g/mol. The molecule has 0 atom stereocenters. The van der Waals surface area contributed by atoms with Crippen LogP contribution in [0.15, 0.2) is 30.3 Å². The summed E-state index contributed by atoms with van der Waals surface area (Å²) in [6.07, 6.45) is 0. The molecule has 0 bridgehead atoms. The number of aromatic nitrogens is 1. The number of aryl methyl sites for hydroxylation is 3. The van der Waals surface area contributed by atoms with Crippen molar-refractivity contribution in [2.75, 3.05) is 0 Å². The van der Waals surface area contributed by atoms with E-state index < -0.39 is 5.97 Å². The van der Waals surface area contributed by atoms with Gasteiger partial charge < -0.3 is 9.84 Å². The number of carboxylic acids is 1. The molecule has 1 aromatic carbocycles. The molecule has 1 N–H and O–H groups in total. The molecule has 0 saturated heterocycles. The van der Waals surface area contributed by atoms with Gasteiger partial charge >= 0.3 is 5.97 Å². The Morgan fingerprint density at radius 1 is 1.11 bits per heavy atom. The highest BCUT2D eigenvalue weighted by Gasteiger charge is 2.09. The van der Waals surface area contributed by atoms with Crippen LogP contribution in [0, 0.1) is 20.8 Å². The molecule has 2 rings (SSSR count). The minimum Gasteiger partial charge on any atom is -0.478 e. The molecule has 1 aromatic heterocycles. The second kappa shape index (κ2) is 5.10. The van der Waals surface area contributed by atoms with Crippen molar-refractivity contribution in [1.29, 1.82) is 0 Å². The summed E-state index contributed by atoms with van der Waals surface area (Å²) in [6, 6.07) is 8.83. The van der Waals surface area contributed by atoms with Gasteiger partial charge in [0.1, 0.15) is 5.75 Å². The fourth-order valence-electron chi connectivity index (χ4n) is 1.72. The summed E-state index contributed by atoms with van der Waals surface area (Å²) in [5.74, 6) is 0.103. The van der Waals surface area contributed by atoms with Crippen molar-refractivity contribution in [3.63, 3.8) is 0 Å². The van der Waals surface area contributed by atoms with Crippen LogP contribution in [0.25, 0.3) is 0 Å². The Balaban J connectivity index is 2.26. The number of ether oxygens (including phenoxy) is 1. The third kappa shape index (κ3) is 2.91. The molecule has 0 unspecified atom stereocenters. The number of aromatic carboxylic acids is 1. The van der Waals surface area contributed by atoms with E-state index in [4.69, 9.17) is 9.84 Å². The maximum absolute atomic E-state index is 10.9. The number of benzene rings is 1. The molecule has 2 aromatic rings. The molecule has 0 aliphatic rings. The second-order valence-electron chi connectivity index (χ2n) is 4.44. The molecule has 1 heterocycles. The molecule has 98 valence electrons. The van der Waals surface area contributed by atoms with Gasteiger partial charge in [-0.2, -0.15) is 0 Å². The van der Waals surface area contributed by atoms with E-state index >= 15 is 0 Å². The van der Waals surface area contributed by atoms with E-state index in [1.807, 2.05) is 32.0 Å². The maximum Gasteiger partial charge on any atom is 0.337 e. The van der Waals surface area contributed by atoms with Crippen LogP contribution in [0.5, 0.6) is 11.6 Å². The van der Waals surface area contributed by atoms with Crippen LogP contribution in [0.3, 0.4) is 0 Å². The molecule has 4 nitrogen and oxygen atoms in total. The van der Waals surface area contributed by atoms with E-state index in [0.717, 1.165) is 5.56 Å². The number of rotatable bonds is 3. The van der Waals surface area contributed by atoms with Crippen molar-refractivity contribution < 1.29 is 14.6 Å². The molecule has 0 amide bonds. The first-order valence-corrected chi connectivity index (χ1v) is 5.93. The zero-order chi connectivity index (χ0) is 14.0. The lowest BCUT2D eigenvalue weighted by atomic mass is 10.1. The minimum absolute atomic E-state index is 0.187. The summed E-state index contributed by atoms with van der Waals surface area (Å²) >= 11 is 0. The Morgan fingerprint density at radius 3 is 2.42 bits per heavy atom. The van der Waals surface area contributed by atoms with Crippen LogP contribution < -0.4 is 4.74 Å². The average molecular weight is 257 g/mol. The number of nitrogens with zero attached hydrogens (tertiary/aromatic N) is 1. The maximum atomic E-state index is 10.9. The predicted octanol–water partition coefficient (Wildman–Crippen LogP) is 3.50. The van der Waals surface area contributed by atoms with Gasteiger partial charge in [0, 0.05) is 6.07 Å². The lowest BCUT2D eigenvalue weighted by molar-refractivity contribution is 0.0695. The molecular weight excluding hydrogens is 242 g/mol. The molecule has 0 aliphatic carbocycles. The van der Waals surface area contributed by atoms with E-state index in [1.165, 1.54) is 11.6 Å². The number of hydrogen-bond acceptors (Lipinski definition) is 3. The summed E-state index contributed by atoms with van der Waals surface area (Å²) in [6.45, 7) is 5.69. The highest BCUT2D eigenvalue weighted by Crippen LogP contribution is 2.23. The van der Waals surface area contributed by atoms with E-state index in [1.54, 1.807) is 13.0 Å². The topological polar surface area (TPSA) is 59.4 Å².